The summed E-state index contributed by atoms with van der Waals surface area (Å²) < 4.78 is 22.6. The molecule has 3 N–H and O–H groups in total. The summed E-state index contributed by atoms with van der Waals surface area (Å²) in [6.07, 6.45) is 5.94. The number of amides is 1. The van der Waals surface area contributed by atoms with Gasteiger partial charge in [-0.1, -0.05) is 6.42 Å². The van der Waals surface area contributed by atoms with Gasteiger partial charge in [-0.15, -0.1) is 0 Å². The van der Waals surface area contributed by atoms with Crippen molar-refractivity contribution in [2.45, 2.75) is 30.7 Å². The second-order valence-electron chi connectivity index (χ2n) is 5.44. The number of hydrogen-bond acceptors (Lipinski definition) is 5. The normalized spacial score (nSPS) is 17.3. The molecule has 0 bridgehead atoms. The number of nitrogens with one attached hydrogen (secondary N) is 1. The molecule has 7 heteroatoms. The van der Waals surface area contributed by atoms with E-state index in [0.29, 0.717) is 18.7 Å². The monoisotopic (exact) mass is 297 g/mol. The molecule has 0 spiro atoms. The molecule has 1 fully saturated rings. The van der Waals surface area contributed by atoms with Gasteiger partial charge in [0.05, 0.1) is 11.9 Å². The molecular weight excluding hydrogens is 278 g/mol. The van der Waals surface area contributed by atoms with Crippen LogP contribution in [-0.4, -0.2) is 32.1 Å². The van der Waals surface area contributed by atoms with Crippen LogP contribution in [0.15, 0.2) is 23.4 Å². The van der Waals surface area contributed by atoms with Crippen molar-refractivity contribution in [3.63, 3.8) is 0 Å². The van der Waals surface area contributed by atoms with E-state index >= 15 is 0 Å². The van der Waals surface area contributed by atoms with E-state index in [0.717, 1.165) is 25.5 Å². The van der Waals surface area contributed by atoms with E-state index in [9.17, 15) is 13.2 Å². The smallest absolute Gasteiger partial charge is 0.225 e. The number of anilines is 1. The molecular formula is C13H19N3O3S. The summed E-state index contributed by atoms with van der Waals surface area (Å²) in [5.74, 6) is -0.107. The fourth-order valence-electron chi connectivity index (χ4n) is 2.35. The highest BCUT2D eigenvalue weighted by molar-refractivity contribution is 7.90. The molecule has 1 saturated carbocycles. The maximum absolute atomic E-state index is 11.9. The van der Waals surface area contributed by atoms with Crippen molar-refractivity contribution in [3.05, 3.63) is 18.3 Å². The molecule has 1 heterocycles. The van der Waals surface area contributed by atoms with Crippen LogP contribution in [0.3, 0.4) is 0 Å². The molecule has 0 unspecified atom stereocenters. The van der Waals surface area contributed by atoms with E-state index in [1.165, 1.54) is 18.3 Å². The van der Waals surface area contributed by atoms with Crippen LogP contribution in [0.5, 0.6) is 0 Å². The second kappa shape index (κ2) is 5.49. The predicted octanol–water partition coefficient (Wildman–Crippen LogP) is 0.943. The standard InChI is InChI=1S/C13H19N3O3S/c1-20(18,19)12-4-3-10(8-15-12)16-11(17)7-13(9-14)5-2-6-13/h3-4,8H,2,5-7,9,14H2,1H3,(H,16,17). The number of aromatic nitrogens is 1. The molecule has 1 aromatic heterocycles. The predicted molar refractivity (Wildman–Crippen MR) is 75.9 cm³/mol. The van der Waals surface area contributed by atoms with Crippen molar-refractivity contribution >= 4 is 21.4 Å². The summed E-state index contributed by atoms with van der Waals surface area (Å²) in [4.78, 5) is 15.8. The number of nitrogens with two attached hydrogens (primary N) is 1. The lowest BCUT2D eigenvalue weighted by atomic mass is 9.66. The fourth-order valence-corrected chi connectivity index (χ4v) is 2.91. The van der Waals surface area contributed by atoms with E-state index in [1.807, 2.05) is 0 Å². The zero-order valence-electron chi connectivity index (χ0n) is 11.4. The highest BCUT2D eigenvalue weighted by Crippen LogP contribution is 2.43. The second-order valence-corrected chi connectivity index (χ2v) is 7.40. The molecule has 1 amide bonds. The van der Waals surface area contributed by atoms with Gasteiger partial charge in [0.25, 0.3) is 0 Å². The Hall–Kier alpha value is -1.47. The summed E-state index contributed by atoms with van der Waals surface area (Å²) in [5, 5.41) is 2.72. The Bertz CT molecular complexity index is 586. The molecule has 6 nitrogen and oxygen atoms in total. The summed E-state index contributed by atoms with van der Waals surface area (Å²) in [6.45, 7) is 0.520. The van der Waals surface area contributed by atoms with Gasteiger partial charge >= 0.3 is 0 Å². The maximum atomic E-state index is 11.9. The van der Waals surface area contributed by atoms with Gasteiger partial charge in [-0.25, -0.2) is 13.4 Å². The molecule has 1 aliphatic carbocycles. The molecule has 0 saturated heterocycles. The maximum Gasteiger partial charge on any atom is 0.225 e. The highest BCUT2D eigenvalue weighted by atomic mass is 32.2. The Kier molecular flexibility index (Phi) is 4.10. The van der Waals surface area contributed by atoms with Crippen LogP contribution >= 0.6 is 0 Å². The average molecular weight is 297 g/mol. The zero-order valence-corrected chi connectivity index (χ0v) is 12.2. The third-order valence-electron chi connectivity index (χ3n) is 3.78. The van der Waals surface area contributed by atoms with Crippen LogP contribution < -0.4 is 11.1 Å². The number of carbonyl (C=O) groups is 1. The lowest BCUT2D eigenvalue weighted by Crippen LogP contribution is -2.40. The SMILES string of the molecule is CS(=O)(=O)c1ccc(NC(=O)CC2(CN)CCC2)cn1. The molecule has 1 aromatic rings. The van der Waals surface area contributed by atoms with Crippen molar-refractivity contribution in [2.75, 3.05) is 18.1 Å². The summed E-state index contributed by atoms with van der Waals surface area (Å²) in [7, 11) is -3.32. The number of nitrogens with zero attached hydrogens (tertiary/aromatic N) is 1. The van der Waals surface area contributed by atoms with Crippen LogP contribution in [-0.2, 0) is 14.6 Å². The van der Waals surface area contributed by atoms with Gasteiger partial charge in [0.15, 0.2) is 14.9 Å². The minimum absolute atomic E-state index is 0.00656. The first-order valence-corrected chi connectivity index (χ1v) is 8.40. The van der Waals surface area contributed by atoms with Crippen LogP contribution in [0.2, 0.25) is 0 Å². The Morgan fingerprint density at radius 2 is 2.15 bits per heavy atom. The largest absolute Gasteiger partial charge is 0.330 e. The topological polar surface area (TPSA) is 102 Å². The summed E-state index contributed by atoms with van der Waals surface area (Å²) in [6, 6.07) is 2.92. The van der Waals surface area contributed by atoms with Crippen molar-refractivity contribution < 1.29 is 13.2 Å². The van der Waals surface area contributed by atoms with Crippen molar-refractivity contribution in [3.8, 4) is 0 Å². The summed E-state index contributed by atoms with van der Waals surface area (Å²) >= 11 is 0. The van der Waals surface area contributed by atoms with Gasteiger partial charge in [-0.3, -0.25) is 4.79 Å². The van der Waals surface area contributed by atoms with Crippen LogP contribution in [0.4, 0.5) is 5.69 Å². The first kappa shape index (κ1) is 14.9. The zero-order chi connectivity index (χ0) is 14.8. The van der Waals surface area contributed by atoms with E-state index in [2.05, 4.69) is 10.3 Å². The third-order valence-corrected chi connectivity index (χ3v) is 4.78. The van der Waals surface area contributed by atoms with Gasteiger partial charge in [-0.2, -0.15) is 0 Å². The van der Waals surface area contributed by atoms with E-state index in [-0.39, 0.29) is 16.3 Å². The minimum Gasteiger partial charge on any atom is -0.330 e. The highest BCUT2D eigenvalue weighted by Gasteiger charge is 2.37. The first-order chi connectivity index (χ1) is 9.35. The van der Waals surface area contributed by atoms with Crippen LogP contribution in [0.1, 0.15) is 25.7 Å². The molecule has 1 aliphatic rings. The number of carbonyl (C=O) groups excluding carboxylic acids is 1. The van der Waals surface area contributed by atoms with Crippen LogP contribution in [0, 0.1) is 5.41 Å². The minimum atomic E-state index is -3.32. The molecule has 110 valence electrons. The van der Waals surface area contributed by atoms with Crippen molar-refractivity contribution in [1.29, 1.82) is 0 Å². The molecule has 0 aliphatic heterocycles. The molecule has 0 radical (unpaired) electrons. The van der Waals surface area contributed by atoms with Crippen LogP contribution in [0.25, 0.3) is 0 Å². The van der Waals surface area contributed by atoms with Gasteiger partial charge in [0.2, 0.25) is 5.91 Å². The summed E-state index contributed by atoms with van der Waals surface area (Å²) in [5.41, 5.74) is 6.16. The number of sulfone groups is 1. The third kappa shape index (κ3) is 3.34. The van der Waals surface area contributed by atoms with E-state index in [1.54, 1.807) is 0 Å². The quantitative estimate of drug-likeness (QED) is 0.842. The molecule has 0 aromatic carbocycles. The molecule has 20 heavy (non-hydrogen) atoms. The van der Waals surface area contributed by atoms with Crippen molar-refractivity contribution in [1.82, 2.24) is 4.98 Å². The molecule has 2 rings (SSSR count). The fraction of sp³-hybridized carbons (Fsp3) is 0.538. The Morgan fingerprint density at radius 3 is 2.55 bits per heavy atom. The lowest BCUT2D eigenvalue weighted by molar-refractivity contribution is -0.119. The van der Waals surface area contributed by atoms with Gasteiger partial charge in [-0.05, 0) is 36.9 Å². The van der Waals surface area contributed by atoms with E-state index < -0.39 is 9.84 Å². The number of rotatable bonds is 5. The number of pyridine rings is 1. The van der Waals surface area contributed by atoms with Gasteiger partial charge < -0.3 is 11.1 Å². The van der Waals surface area contributed by atoms with E-state index in [4.69, 9.17) is 5.73 Å². The van der Waals surface area contributed by atoms with Gasteiger partial charge in [0.1, 0.15) is 0 Å². The van der Waals surface area contributed by atoms with Gasteiger partial charge in [0, 0.05) is 12.7 Å². The first-order valence-electron chi connectivity index (χ1n) is 6.51. The Morgan fingerprint density at radius 1 is 1.45 bits per heavy atom. The Labute approximate surface area is 118 Å². The Balaban J connectivity index is 1.98. The van der Waals surface area contributed by atoms with Crippen molar-refractivity contribution in [2.24, 2.45) is 11.1 Å². The average Bonchev–Trinajstić information content (AvgIpc) is 2.33. The molecule has 0 atom stereocenters. The number of hydrogen-bond donors (Lipinski definition) is 2. The lowest BCUT2D eigenvalue weighted by Gasteiger charge is -2.40.